The van der Waals surface area contributed by atoms with Crippen molar-refractivity contribution in [2.24, 2.45) is 0 Å². The molecule has 3 nitrogen and oxygen atoms in total. The first-order valence-corrected chi connectivity index (χ1v) is 5.94. The second-order valence-corrected chi connectivity index (χ2v) is 4.30. The molecule has 14 heavy (non-hydrogen) atoms. The fourth-order valence-corrected chi connectivity index (χ4v) is 1.90. The largest absolute Gasteiger partial charge is 0.314 e. The average Bonchev–Trinajstić information content (AvgIpc) is 2.20. The van der Waals surface area contributed by atoms with E-state index >= 15 is 0 Å². The van der Waals surface area contributed by atoms with Gasteiger partial charge < -0.3 is 5.32 Å². The summed E-state index contributed by atoms with van der Waals surface area (Å²) in [6.07, 6.45) is 4.03. The van der Waals surface area contributed by atoms with Gasteiger partial charge in [-0.25, -0.2) is 0 Å². The maximum atomic E-state index is 3.38. The van der Waals surface area contributed by atoms with Gasteiger partial charge in [0.2, 0.25) is 0 Å². The van der Waals surface area contributed by atoms with Gasteiger partial charge >= 0.3 is 0 Å². The predicted molar refractivity (Wildman–Crippen MR) is 61.5 cm³/mol. The Labute approximate surface area is 88.5 Å². The molecule has 3 heteroatoms. The molecule has 1 fully saturated rings. The van der Waals surface area contributed by atoms with Crippen molar-refractivity contribution in [3.05, 3.63) is 0 Å². The molecule has 1 saturated heterocycles. The van der Waals surface area contributed by atoms with E-state index in [2.05, 4.69) is 29.1 Å². The lowest BCUT2D eigenvalue weighted by Gasteiger charge is -2.31. The van der Waals surface area contributed by atoms with E-state index in [-0.39, 0.29) is 0 Å². The number of hydrogen-bond donors (Lipinski definition) is 1. The summed E-state index contributed by atoms with van der Waals surface area (Å²) in [5.74, 6) is 0. The number of nitrogens with zero attached hydrogens (tertiary/aromatic N) is 2. The maximum Gasteiger partial charge on any atom is 0.0504 e. The molecule has 84 valence electrons. The van der Waals surface area contributed by atoms with Crippen LogP contribution in [0.4, 0.5) is 0 Å². The molecule has 0 aromatic heterocycles. The third-order valence-electron chi connectivity index (χ3n) is 2.79. The fourth-order valence-electron chi connectivity index (χ4n) is 1.90. The molecule has 0 atom stereocenters. The highest BCUT2D eigenvalue weighted by molar-refractivity contribution is 4.67. The lowest BCUT2D eigenvalue weighted by molar-refractivity contribution is 0.138. The molecule has 0 saturated carbocycles. The highest BCUT2D eigenvalue weighted by atomic mass is 15.3. The summed E-state index contributed by atoms with van der Waals surface area (Å²) in [4.78, 5) is 4.98. The van der Waals surface area contributed by atoms with Crippen molar-refractivity contribution in [3.63, 3.8) is 0 Å². The molecule has 1 aliphatic rings. The minimum Gasteiger partial charge on any atom is -0.314 e. The Hall–Kier alpha value is -0.120. The van der Waals surface area contributed by atoms with Crippen LogP contribution in [0.2, 0.25) is 0 Å². The van der Waals surface area contributed by atoms with Gasteiger partial charge in [0.05, 0.1) is 6.67 Å². The normalized spacial score (nSPS) is 19.1. The van der Waals surface area contributed by atoms with E-state index in [1.807, 2.05) is 0 Å². The van der Waals surface area contributed by atoms with E-state index in [1.54, 1.807) is 0 Å². The van der Waals surface area contributed by atoms with Crippen LogP contribution in [0, 0.1) is 0 Å². The van der Waals surface area contributed by atoms with Crippen molar-refractivity contribution in [2.75, 3.05) is 46.4 Å². The minimum absolute atomic E-state index is 1.14. The topological polar surface area (TPSA) is 18.5 Å². The van der Waals surface area contributed by atoms with Crippen molar-refractivity contribution in [1.82, 2.24) is 15.1 Å². The van der Waals surface area contributed by atoms with Gasteiger partial charge in [-0.1, -0.05) is 19.8 Å². The van der Waals surface area contributed by atoms with E-state index < -0.39 is 0 Å². The van der Waals surface area contributed by atoms with Crippen molar-refractivity contribution >= 4 is 0 Å². The molecule has 0 radical (unpaired) electrons. The SMILES string of the molecule is CCCCCN(C)CN1CCNCC1. The van der Waals surface area contributed by atoms with Crippen LogP contribution in [0.5, 0.6) is 0 Å². The quantitative estimate of drug-likeness (QED) is 0.643. The molecule has 0 bridgehead atoms. The average molecular weight is 199 g/mol. The van der Waals surface area contributed by atoms with Crippen LogP contribution in [0.1, 0.15) is 26.2 Å². The Morgan fingerprint density at radius 3 is 2.57 bits per heavy atom. The van der Waals surface area contributed by atoms with Gasteiger partial charge in [-0.15, -0.1) is 0 Å². The predicted octanol–water partition coefficient (Wildman–Crippen LogP) is 0.971. The van der Waals surface area contributed by atoms with Crippen LogP contribution >= 0.6 is 0 Å². The lowest BCUT2D eigenvalue weighted by Crippen LogP contribution is -2.47. The number of nitrogens with one attached hydrogen (secondary N) is 1. The van der Waals surface area contributed by atoms with E-state index in [0.717, 1.165) is 19.8 Å². The molecular formula is C11H25N3. The van der Waals surface area contributed by atoms with E-state index in [0.29, 0.717) is 0 Å². The third-order valence-corrected chi connectivity index (χ3v) is 2.79. The number of rotatable bonds is 6. The molecule has 1 N–H and O–H groups in total. The Balaban J connectivity index is 2.03. The Kier molecular flexibility index (Phi) is 6.15. The second-order valence-electron chi connectivity index (χ2n) is 4.30. The fraction of sp³-hybridized carbons (Fsp3) is 1.00. The van der Waals surface area contributed by atoms with E-state index in [9.17, 15) is 0 Å². The Morgan fingerprint density at radius 1 is 1.21 bits per heavy atom. The van der Waals surface area contributed by atoms with Gasteiger partial charge in [0.25, 0.3) is 0 Å². The van der Waals surface area contributed by atoms with Crippen molar-refractivity contribution < 1.29 is 0 Å². The van der Waals surface area contributed by atoms with Crippen LogP contribution in [0.3, 0.4) is 0 Å². The number of hydrogen-bond acceptors (Lipinski definition) is 3. The summed E-state index contributed by atoms with van der Waals surface area (Å²) in [7, 11) is 2.23. The van der Waals surface area contributed by atoms with Crippen LogP contribution in [-0.2, 0) is 0 Å². The first-order chi connectivity index (χ1) is 6.83. The molecule has 0 amide bonds. The Morgan fingerprint density at radius 2 is 1.93 bits per heavy atom. The van der Waals surface area contributed by atoms with Crippen LogP contribution in [0.25, 0.3) is 0 Å². The second kappa shape index (κ2) is 7.21. The Bertz CT molecular complexity index is 132. The standard InChI is InChI=1S/C11H25N3/c1-3-4-5-8-13(2)11-14-9-6-12-7-10-14/h12H,3-11H2,1-2H3. The maximum absolute atomic E-state index is 3.38. The number of unbranched alkanes of at least 4 members (excludes halogenated alkanes) is 2. The van der Waals surface area contributed by atoms with Crippen molar-refractivity contribution in [2.45, 2.75) is 26.2 Å². The molecule has 0 spiro atoms. The highest BCUT2D eigenvalue weighted by Gasteiger charge is 2.10. The van der Waals surface area contributed by atoms with Crippen LogP contribution in [-0.4, -0.2) is 56.2 Å². The summed E-state index contributed by atoms with van der Waals surface area (Å²) in [6.45, 7) is 9.38. The summed E-state index contributed by atoms with van der Waals surface area (Å²) in [6, 6.07) is 0. The van der Waals surface area contributed by atoms with Gasteiger partial charge in [-0.2, -0.15) is 0 Å². The first kappa shape index (κ1) is 12.0. The molecule has 0 unspecified atom stereocenters. The minimum atomic E-state index is 1.14. The van der Waals surface area contributed by atoms with E-state index in [1.165, 1.54) is 38.9 Å². The molecule has 0 aliphatic carbocycles. The molecule has 1 aliphatic heterocycles. The van der Waals surface area contributed by atoms with Crippen molar-refractivity contribution in [3.8, 4) is 0 Å². The van der Waals surface area contributed by atoms with Crippen molar-refractivity contribution in [1.29, 1.82) is 0 Å². The zero-order chi connectivity index (χ0) is 10.2. The van der Waals surface area contributed by atoms with Crippen LogP contribution in [0.15, 0.2) is 0 Å². The summed E-state index contributed by atoms with van der Waals surface area (Å²) < 4.78 is 0. The summed E-state index contributed by atoms with van der Waals surface area (Å²) in [5.41, 5.74) is 0. The van der Waals surface area contributed by atoms with Gasteiger partial charge in [0.15, 0.2) is 0 Å². The van der Waals surface area contributed by atoms with Gasteiger partial charge in [0.1, 0.15) is 0 Å². The van der Waals surface area contributed by atoms with Crippen LogP contribution < -0.4 is 5.32 Å². The van der Waals surface area contributed by atoms with Gasteiger partial charge in [0, 0.05) is 26.2 Å². The number of piperazine rings is 1. The molecule has 1 rings (SSSR count). The third kappa shape index (κ3) is 4.94. The molecule has 1 heterocycles. The highest BCUT2D eigenvalue weighted by Crippen LogP contribution is 1.99. The lowest BCUT2D eigenvalue weighted by atomic mass is 10.2. The van der Waals surface area contributed by atoms with E-state index in [4.69, 9.17) is 0 Å². The zero-order valence-corrected chi connectivity index (χ0v) is 9.76. The smallest absolute Gasteiger partial charge is 0.0504 e. The summed E-state index contributed by atoms with van der Waals surface area (Å²) >= 11 is 0. The summed E-state index contributed by atoms with van der Waals surface area (Å²) in [5, 5.41) is 3.38. The monoisotopic (exact) mass is 199 g/mol. The molecular weight excluding hydrogens is 174 g/mol. The molecule has 0 aromatic rings. The van der Waals surface area contributed by atoms with Gasteiger partial charge in [-0.3, -0.25) is 9.80 Å². The zero-order valence-electron chi connectivity index (χ0n) is 9.76. The van der Waals surface area contributed by atoms with Gasteiger partial charge in [-0.05, 0) is 20.0 Å². The molecule has 0 aromatic carbocycles. The first-order valence-electron chi connectivity index (χ1n) is 5.94.